The SMILES string of the molecule is Cl.O=C(NO)C1(S(=O)(=O)c2ccc(Oc3ccc(-n4ccnc4)cc3)cc2)CCOCC1. The van der Waals surface area contributed by atoms with Crippen molar-refractivity contribution in [2.45, 2.75) is 22.5 Å². The number of carbonyl (C=O) groups is 1. The summed E-state index contributed by atoms with van der Waals surface area (Å²) in [7, 11) is -4.07. The zero-order valence-corrected chi connectivity index (χ0v) is 18.5. The van der Waals surface area contributed by atoms with Gasteiger partial charge in [0.15, 0.2) is 14.6 Å². The molecule has 0 radical (unpaired) electrons. The summed E-state index contributed by atoms with van der Waals surface area (Å²) in [5, 5.41) is 9.12. The highest BCUT2D eigenvalue weighted by molar-refractivity contribution is 7.93. The summed E-state index contributed by atoms with van der Waals surface area (Å²) in [6, 6.07) is 13.2. The van der Waals surface area contributed by atoms with Crippen molar-refractivity contribution < 1.29 is 27.9 Å². The number of amides is 1. The summed E-state index contributed by atoms with van der Waals surface area (Å²) >= 11 is 0. The molecular weight excluding hydrogens is 458 g/mol. The maximum absolute atomic E-state index is 13.3. The van der Waals surface area contributed by atoms with Crippen LogP contribution in [-0.2, 0) is 19.4 Å². The molecule has 170 valence electrons. The van der Waals surface area contributed by atoms with Crippen LogP contribution in [0.15, 0.2) is 72.1 Å². The van der Waals surface area contributed by atoms with E-state index in [4.69, 9.17) is 14.7 Å². The lowest BCUT2D eigenvalue weighted by atomic mass is 9.98. The number of nitrogens with one attached hydrogen (secondary N) is 1. The van der Waals surface area contributed by atoms with Crippen molar-refractivity contribution in [1.29, 1.82) is 0 Å². The normalized spacial score (nSPS) is 15.4. The number of sulfone groups is 1. The molecule has 1 aliphatic rings. The maximum atomic E-state index is 13.3. The number of hydrogen-bond donors (Lipinski definition) is 2. The number of hydroxylamine groups is 1. The number of rotatable bonds is 6. The third-order valence-electron chi connectivity index (χ3n) is 5.34. The molecule has 0 bridgehead atoms. The van der Waals surface area contributed by atoms with Gasteiger partial charge in [0.2, 0.25) is 0 Å². The Labute approximate surface area is 191 Å². The van der Waals surface area contributed by atoms with Crippen molar-refractivity contribution >= 4 is 28.2 Å². The summed E-state index contributed by atoms with van der Waals surface area (Å²) in [4.78, 5) is 16.3. The molecule has 0 unspecified atom stereocenters. The molecular formula is C21H22ClN3O6S. The fourth-order valence-electron chi connectivity index (χ4n) is 3.57. The molecule has 3 aromatic rings. The minimum absolute atomic E-state index is 0. The van der Waals surface area contributed by atoms with Gasteiger partial charge in [0, 0.05) is 31.3 Å². The van der Waals surface area contributed by atoms with E-state index >= 15 is 0 Å². The van der Waals surface area contributed by atoms with Gasteiger partial charge in [-0.05, 0) is 61.4 Å². The molecule has 11 heteroatoms. The molecule has 1 amide bonds. The Morgan fingerprint density at radius 2 is 1.66 bits per heavy atom. The van der Waals surface area contributed by atoms with E-state index in [2.05, 4.69) is 4.98 Å². The van der Waals surface area contributed by atoms with Crippen LogP contribution in [-0.4, -0.2) is 47.0 Å². The predicted molar refractivity (Wildman–Crippen MR) is 117 cm³/mol. The number of hydrogen-bond acceptors (Lipinski definition) is 7. The average molecular weight is 480 g/mol. The zero-order valence-electron chi connectivity index (χ0n) is 16.9. The number of aromatic nitrogens is 2. The molecule has 2 N–H and O–H groups in total. The van der Waals surface area contributed by atoms with Crippen LogP contribution in [0.5, 0.6) is 11.5 Å². The van der Waals surface area contributed by atoms with Gasteiger partial charge in [0.1, 0.15) is 11.5 Å². The predicted octanol–water partition coefficient (Wildman–Crippen LogP) is 2.91. The van der Waals surface area contributed by atoms with E-state index in [0.29, 0.717) is 11.5 Å². The Morgan fingerprint density at radius 3 is 2.19 bits per heavy atom. The molecule has 2 heterocycles. The lowest BCUT2D eigenvalue weighted by Gasteiger charge is -2.34. The summed E-state index contributed by atoms with van der Waals surface area (Å²) in [5.74, 6) is 0.0797. The molecule has 32 heavy (non-hydrogen) atoms. The average Bonchev–Trinajstić information content (AvgIpc) is 3.35. The molecule has 0 saturated carbocycles. The quantitative estimate of drug-likeness (QED) is 0.412. The van der Waals surface area contributed by atoms with Gasteiger partial charge in [0.05, 0.1) is 11.2 Å². The van der Waals surface area contributed by atoms with Gasteiger partial charge >= 0.3 is 0 Å². The van der Waals surface area contributed by atoms with Crippen LogP contribution >= 0.6 is 12.4 Å². The van der Waals surface area contributed by atoms with E-state index in [1.54, 1.807) is 24.7 Å². The van der Waals surface area contributed by atoms with Crippen LogP contribution < -0.4 is 10.2 Å². The van der Waals surface area contributed by atoms with Crippen LogP contribution in [0, 0.1) is 0 Å². The second kappa shape index (κ2) is 9.70. The van der Waals surface area contributed by atoms with Gasteiger partial charge in [0.25, 0.3) is 5.91 Å². The number of nitrogens with zero attached hydrogens (tertiary/aromatic N) is 2. The molecule has 1 fully saturated rings. The Bertz CT molecular complexity index is 1140. The highest BCUT2D eigenvalue weighted by Crippen LogP contribution is 2.36. The highest BCUT2D eigenvalue weighted by atomic mass is 35.5. The number of carbonyl (C=O) groups excluding carboxylic acids is 1. The van der Waals surface area contributed by atoms with Crippen molar-refractivity contribution in [3.05, 3.63) is 67.3 Å². The molecule has 0 aliphatic carbocycles. The van der Waals surface area contributed by atoms with Gasteiger partial charge in [-0.15, -0.1) is 12.4 Å². The van der Waals surface area contributed by atoms with E-state index < -0.39 is 20.5 Å². The first-order valence-electron chi connectivity index (χ1n) is 9.59. The van der Waals surface area contributed by atoms with Crippen LogP contribution in [0.3, 0.4) is 0 Å². The van der Waals surface area contributed by atoms with Crippen molar-refractivity contribution in [2.75, 3.05) is 13.2 Å². The molecule has 4 rings (SSSR count). The Balaban J connectivity index is 0.00000289. The Kier molecular flexibility index (Phi) is 7.19. The van der Waals surface area contributed by atoms with Crippen molar-refractivity contribution in [3.63, 3.8) is 0 Å². The minimum atomic E-state index is -4.07. The molecule has 1 aromatic heterocycles. The molecule has 0 spiro atoms. The smallest absolute Gasteiger partial charge is 0.265 e. The lowest BCUT2D eigenvalue weighted by Crippen LogP contribution is -2.54. The third-order valence-corrected chi connectivity index (χ3v) is 7.85. The summed E-state index contributed by atoms with van der Waals surface area (Å²) < 4.78 is 37.6. The van der Waals surface area contributed by atoms with Crippen molar-refractivity contribution in [1.82, 2.24) is 15.0 Å². The van der Waals surface area contributed by atoms with Gasteiger partial charge < -0.3 is 14.0 Å². The third kappa shape index (κ3) is 4.35. The van der Waals surface area contributed by atoms with Gasteiger partial charge in [-0.2, -0.15) is 0 Å². The monoisotopic (exact) mass is 479 g/mol. The molecule has 0 atom stereocenters. The topological polar surface area (TPSA) is 120 Å². The van der Waals surface area contributed by atoms with E-state index in [1.807, 2.05) is 22.9 Å². The zero-order chi connectivity index (χ0) is 21.9. The maximum Gasteiger partial charge on any atom is 0.265 e. The first kappa shape index (κ1) is 23.7. The second-order valence-electron chi connectivity index (χ2n) is 7.09. The van der Waals surface area contributed by atoms with E-state index in [0.717, 1.165) is 5.69 Å². The first-order chi connectivity index (χ1) is 15.0. The van der Waals surface area contributed by atoms with Crippen LogP contribution in [0.4, 0.5) is 0 Å². The van der Waals surface area contributed by atoms with Crippen molar-refractivity contribution in [2.24, 2.45) is 0 Å². The molecule has 2 aromatic carbocycles. The Hall–Kier alpha value is -2.92. The standard InChI is InChI=1S/C21H21N3O6S.ClH/c25-20(23-26)21(9-13-29-14-10-21)31(27,28)19-7-5-18(6-8-19)30-17-3-1-16(2-4-17)24-12-11-22-15-24;/h1-8,11-12,15,26H,9-10,13-14H2,(H,23,25);1H. The highest BCUT2D eigenvalue weighted by Gasteiger charge is 2.52. The molecule has 9 nitrogen and oxygen atoms in total. The number of ether oxygens (including phenoxy) is 2. The van der Waals surface area contributed by atoms with E-state index in [-0.39, 0.29) is 43.4 Å². The Morgan fingerprint density at radius 1 is 1.06 bits per heavy atom. The number of benzene rings is 2. The fourth-order valence-corrected chi connectivity index (χ4v) is 5.51. The van der Waals surface area contributed by atoms with Crippen LogP contribution in [0.2, 0.25) is 0 Å². The number of halogens is 1. The van der Waals surface area contributed by atoms with Crippen LogP contribution in [0.1, 0.15) is 12.8 Å². The van der Waals surface area contributed by atoms with E-state index in [9.17, 15) is 13.2 Å². The largest absolute Gasteiger partial charge is 0.457 e. The summed E-state index contributed by atoms with van der Waals surface area (Å²) in [6.07, 6.45) is 5.13. The van der Waals surface area contributed by atoms with E-state index in [1.165, 1.54) is 29.7 Å². The summed E-state index contributed by atoms with van der Waals surface area (Å²) in [5.41, 5.74) is 2.43. The fraction of sp³-hybridized carbons (Fsp3) is 0.238. The summed E-state index contributed by atoms with van der Waals surface area (Å²) in [6.45, 7) is 0.228. The minimum Gasteiger partial charge on any atom is -0.457 e. The second-order valence-corrected chi connectivity index (χ2v) is 9.35. The lowest BCUT2D eigenvalue weighted by molar-refractivity contribution is -0.134. The van der Waals surface area contributed by atoms with Gasteiger partial charge in [-0.3, -0.25) is 10.0 Å². The number of imidazole rings is 1. The van der Waals surface area contributed by atoms with Crippen LogP contribution in [0.25, 0.3) is 5.69 Å². The van der Waals surface area contributed by atoms with Gasteiger partial charge in [-0.1, -0.05) is 0 Å². The van der Waals surface area contributed by atoms with Gasteiger partial charge in [-0.25, -0.2) is 18.9 Å². The molecule has 1 aliphatic heterocycles. The van der Waals surface area contributed by atoms with Crippen molar-refractivity contribution in [3.8, 4) is 17.2 Å². The first-order valence-corrected chi connectivity index (χ1v) is 11.1. The molecule has 1 saturated heterocycles.